The van der Waals surface area contributed by atoms with Gasteiger partial charge in [0.05, 0.1) is 0 Å². The first-order valence-corrected chi connectivity index (χ1v) is 9.24. The fourth-order valence-electron chi connectivity index (χ4n) is 3.18. The van der Waals surface area contributed by atoms with Crippen LogP contribution in [0, 0.1) is 5.82 Å². The molecular formula is C20H20F4N4O2. The van der Waals surface area contributed by atoms with Gasteiger partial charge in [-0.05, 0) is 62.8 Å². The number of hydrogen-bond acceptors (Lipinski definition) is 4. The minimum Gasteiger partial charge on any atom is -0.475 e. The van der Waals surface area contributed by atoms with Gasteiger partial charge in [0, 0.05) is 17.7 Å². The first-order chi connectivity index (χ1) is 14.1. The van der Waals surface area contributed by atoms with E-state index in [-0.39, 0.29) is 5.82 Å². The van der Waals surface area contributed by atoms with Crippen LogP contribution in [0.3, 0.4) is 0 Å². The number of fused-ring (bicyclic) bond motifs is 1. The molecule has 0 spiro atoms. The Morgan fingerprint density at radius 1 is 1.13 bits per heavy atom. The quantitative estimate of drug-likeness (QED) is 0.631. The molecule has 10 heteroatoms. The number of halogens is 4. The lowest BCUT2D eigenvalue weighted by Gasteiger charge is -2.26. The van der Waals surface area contributed by atoms with Crippen LogP contribution in [0.4, 0.5) is 17.6 Å². The molecule has 1 fully saturated rings. The van der Waals surface area contributed by atoms with Crippen molar-refractivity contribution in [3.05, 3.63) is 54.2 Å². The highest BCUT2D eigenvalue weighted by molar-refractivity contribution is 5.73. The Morgan fingerprint density at radius 3 is 2.40 bits per heavy atom. The molecule has 3 heterocycles. The number of carbonyl (C=O) groups is 1. The number of benzene rings is 1. The van der Waals surface area contributed by atoms with E-state index in [1.807, 2.05) is 28.9 Å². The van der Waals surface area contributed by atoms with E-state index in [1.54, 1.807) is 6.07 Å². The summed E-state index contributed by atoms with van der Waals surface area (Å²) in [6.07, 6.45) is -0.955. The highest BCUT2D eigenvalue weighted by Gasteiger charge is 2.38. The van der Waals surface area contributed by atoms with E-state index in [0.29, 0.717) is 5.92 Å². The first kappa shape index (κ1) is 21.7. The van der Waals surface area contributed by atoms with E-state index in [0.717, 1.165) is 48.5 Å². The SMILES string of the molecule is CN1CCC(c2nc3ccc(-c4cccc(F)c4)cn3n2)CC1.O=C(O)C(F)(F)F. The Balaban J connectivity index is 0.000000318. The van der Waals surface area contributed by atoms with Crippen LogP contribution >= 0.6 is 0 Å². The summed E-state index contributed by atoms with van der Waals surface area (Å²) in [6.45, 7) is 2.18. The Labute approximate surface area is 169 Å². The highest BCUT2D eigenvalue weighted by atomic mass is 19.4. The van der Waals surface area contributed by atoms with E-state index in [1.165, 1.54) is 12.1 Å². The van der Waals surface area contributed by atoms with E-state index < -0.39 is 12.1 Å². The zero-order valence-corrected chi connectivity index (χ0v) is 16.1. The van der Waals surface area contributed by atoms with Crippen molar-refractivity contribution in [3.63, 3.8) is 0 Å². The highest BCUT2D eigenvalue weighted by Crippen LogP contribution is 2.26. The zero-order chi connectivity index (χ0) is 21.9. The summed E-state index contributed by atoms with van der Waals surface area (Å²) in [5.74, 6) is -1.63. The van der Waals surface area contributed by atoms with Gasteiger partial charge in [0.15, 0.2) is 11.5 Å². The largest absolute Gasteiger partial charge is 0.490 e. The molecule has 1 saturated heterocycles. The molecule has 0 unspecified atom stereocenters. The standard InChI is InChI=1S/C18H19FN4.C2HF3O2/c1-22-9-7-13(8-10-22)18-20-17-6-5-15(12-23(17)21-18)14-3-2-4-16(19)11-14;3-2(4,5)1(6)7/h2-6,11-13H,7-10H2,1H3;(H,6,7). The van der Waals surface area contributed by atoms with Crippen LogP contribution in [-0.2, 0) is 4.79 Å². The summed E-state index contributed by atoms with van der Waals surface area (Å²) in [6, 6.07) is 10.5. The van der Waals surface area contributed by atoms with Gasteiger partial charge in [-0.3, -0.25) is 0 Å². The summed E-state index contributed by atoms with van der Waals surface area (Å²) in [4.78, 5) is 15.9. The molecular weight excluding hydrogens is 404 g/mol. The summed E-state index contributed by atoms with van der Waals surface area (Å²) in [5, 5.41) is 11.8. The van der Waals surface area contributed by atoms with Crippen molar-refractivity contribution in [2.45, 2.75) is 24.9 Å². The molecule has 0 atom stereocenters. The lowest BCUT2D eigenvalue weighted by molar-refractivity contribution is -0.192. The number of hydrogen-bond donors (Lipinski definition) is 1. The van der Waals surface area contributed by atoms with E-state index in [4.69, 9.17) is 9.90 Å². The number of aromatic nitrogens is 3. The fraction of sp³-hybridized carbons (Fsp3) is 0.350. The average Bonchev–Trinajstić information content (AvgIpc) is 3.11. The second-order valence-corrected chi connectivity index (χ2v) is 7.08. The van der Waals surface area contributed by atoms with Gasteiger partial charge < -0.3 is 10.0 Å². The topological polar surface area (TPSA) is 70.7 Å². The van der Waals surface area contributed by atoms with Gasteiger partial charge in [-0.1, -0.05) is 12.1 Å². The molecule has 6 nitrogen and oxygen atoms in total. The number of likely N-dealkylation sites (tertiary alicyclic amines) is 1. The number of rotatable bonds is 2. The summed E-state index contributed by atoms with van der Waals surface area (Å²) in [7, 11) is 2.15. The van der Waals surface area contributed by atoms with E-state index in [2.05, 4.69) is 22.0 Å². The third-order valence-corrected chi connectivity index (χ3v) is 4.83. The number of nitrogens with zero attached hydrogens (tertiary/aromatic N) is 4. The van der Waals surface area contributed by atoms with Gasteiger partial charge in [-0.2, -0.15) is 18.3 Å². The summed E-state index contributed by atoms with van der Waals surface area (Å²) < 4.78 is 47.0. The molecule has 1 aromatic carbocycles. The molecule has 0 amide bonds. The van der Waals surface area contributed by atoms with Gasteiger partial charge >= 0.3 is 12.1 Å². The number of alkyl halides is 3. The number of carboxylic acid groups (broad SMARTS) is 1. The molecule has 0 saturated carbocycles. The Kier molecular flexibility index (Phi) is 6.35. The molecule has 2 aromatic heterocycles. The normalized spacial score (nSPS) is 15.6. The van der Waals surface area contributed by atoms with Gasteiger partial charge in [0.25, 0.3) is 0 Å². The maximum Gasteiger partial charge on any atom is 0.490 e. The molecule has 160 valence electrons. The Hall–Kier alpha value is -3.01. The second kappa shape index (κ2) is 8.78. The third-order valence-electron chi connectivity index (χ3n) is 4.83. The minimum atomic E-state index is -5.08. The predicted octanol–water partition coefficient (Wildman–Crippen LogP) is 3.98. The van der Waals surface area contributed by atoms with Gasteiger partial charge in [0.2, 0.25) is 0 Å². The van der Waals surface area contributed by atoms with Crippen LogP contribution < -0.4 is 0 Å². The lowest BCUT2D eigenvalue weighted by Crippen LogP contribution is -2.29. The van der Waals surface area contributed by atoms with Gasteiger partial charge in [0.1, 0.15) is 5.82 Å². The van der Waals surface area contributed by atoms with Crippen LogP contribution in [0.5, 0.6) is 0 Å². The van der Waals surface area contributed by atoms with E-state index >= 15 is 0 Å². The molecule has 30 heavy (non-hydrogen) atoms. The Bertz CT molecular complexity index is 1030. The van der Waals surface area contributed by atoms with Crippen LogP contribution in [-0.4, -0.2) is 56.9 Å². The van der Waals surface area contributed by atoms with Crippen molar-refractivity contribution in [2.75, 3.05) is 20.1 Å². The van der Waals surface area contributed by atoms with Gasteiger partial charge in [-0.25, -0.2) is 18.7 Å². The minimum absolute atomic E-state index is 0.229. The number of pyridine rings is 1. The van der Waals surface area contributed by atoms with Crippen LogP contribution in [0.25, 0.3) is 16.8 Å². The van der Waals surface area contributed by atoms with Crippen LogP contribution in [0.2, 0.25) is 0 Å². The van der Waals surface area contributed by atoms with E-state index in [9.17, 15) is 17.6 Å². The number of carboxylic acids is 1. The number of aliphatic carboxylic acids is 1. The first-order valence-electron chi connectivity index (χ1n) is 9.24. The molecule has 0 radical (unpaired) electrons. The molecule has 1 aliphatic rings. The van der Waals surface area contributed by atoms with Crippen molar-refractivity contribution >= 4 is 11.6 Å². The molecule has 0 bridgehead atoms. The molecule has 4 rings (SSSR count). The molecule has 0 aliphatic carbocycles. The zero-order valence-electron chi connectivity index (χ0n) is 16.1. The monoisotopic (exact) mass is 424 g/mol. The van der Waals surface area contributed by atoms with Crippen molar-refractivity contribution in [1.29, 1.82) is 0 Å². The van der Waals surface area contributed by atoms with Crippen LogP contribution in [0.1, 0.15) is 24.6 Å². The van der Waals surface area contributed by atoms with Crippen molar-refractivity contribution in [1.82, 2.24) is 19.5 Å². The van der Waals surface area contributed by atoms with Crippen molar-refractivity contribution < 1.29 is 27.5 Å². The third kappa shape index (κ3) is 5.32. The molecule has 1 aliphatic heterocycles. The maximum absolute atomic E-state index is 13.4. The van der Waals surface area contributed by atoms with Crippen molar-refractivity contribution in [2.24, 2.45) is 0 Å². The number of piperidine rings is 1. The average molecular weight is 424 g/mol. The van der Waals surface area contributed by atoms with Gasteiger partial charge in [-0.15, -0.1) is 0 Å². The fourth-order valence-corrected chi connectivity index (χ4v) is 3.18. The second-order valence-electron chi connectivity index (χ2n) is 7.08. The lowest BCUT2D eigenvalue weighted by atomic mass is 9.97. The summed E-state index contributed by atoms with van der Waals surface area (Å²) >= 11 is 0. The predicted molar refractivity (Wildman–Crippen MR) is 102 cm³/mol. The molecule has 3 aromatic rings. The maximum atomic E-state index is 13.4. The van der Waals surface area contributed by atoms with Crippen molar-refractivity contribution in [3.8, 4) is 11.1 Å². The molecule has 1 N–H and O–H groups in total. The smallest absolute Gasteiger partial charge is 0.475 e. The summed E-state index contributed by atoms with van der Waals surface area (Å²) in [5.41, 5.74) is 2.64. The van der Waals surface area contributed by atoms with Crippen LogP contribution in [0.15, 0.2) is 42.6 Å². The Morgan fingerprint density at radius 2 is 1.80 bits per heavy atom.